The average Bonchev–Trinajstić information content (AvgIpc) is 2.34. The molecule has 0 fully saturated rings. The molecule has 1 unspecified atom stereocenters. The highest BCUT2D eigenvalue weighted by Crippen LogP contribution is 2.15. The predicted octanol–water partition coefficient (Wildman–Crippen LogP) is 3.21. The van der Waals surface area contributed by atoms with Crippen molar-refractivity contribution in [3.63, 3.8) is 0 Å². The molecule has 0 heterocycles. The van der Waals surface area contributed by atoms with Gasteiger partial charge in [-0.3, -0.25) is 9.59 Å². The van der Waals surface area contributed by atoms with E-state index in [4.69, 9.17) is 16.7 Å². The van der Waals surface area contributed by atoms with Crippen LogP contribution in [0, 0.1) is 11.8 Å². The molecule has 1 aromatic rings. The van der Waals surface area contributed by atoms with E-state index in [0.717, 1.165) is 6.42 Å². The molecule has 0 spiro atoms. The molecule has 1 atom stereocenters. The third-order valence-electron chi connectivity index (χ3n) is 2.91. The second-order valence-corrected chi connectivity index (χ2v) is 5.75. The van der Waals surface area contributed by atoms with Crippen LogP contribution in [0.2, 0.25) is 5.02 Å². The lowest BCUT2D eigenvalue weighted by Gasteiger charge is -2.17. The zero-order valence-corrected chi connectivity index (χ0v) is 12.5. The number of hydrogen-bond acceptors (Lipinski definition) is 2. The Balaban J connectivity index is 2.57. The molecule has 5 heteroatoms. The Morgan fingerprint density at radius 3 is 2.60 bits per heavy atom. The first kappa shape index (κ1) is 16.5. The summed E-state index contributed by atoms with van der Waals surface area (Å²) >= 11 is 5.83. The standard InChI is InChI=1S/C15H20ClNO3/c1-10(2)6-11(7-14(18)19)9-17-15(20)12-4-3-5-13(16)8-12/h3-5,8,10-11H,6-7,9H2,1-2H3,(H,17,20)(H,18,19). The highest BCUT2D eigenvalue weighted by atomic mass is 35.5. The van der Waals surface area contributed by atoms with Crippen LogP contribution in [0.25, 0.3) is 0 Å². The van der Waals surface area contributed by atoms with E-state index in [0.29, 0.717) is 23.0 Å². The fraction of sp³-hybridized carbons (Fsp3) is 0.467. The molecule has 0 aromatic heterocycles. The van der Waals surface area contributed by atoms with E-state index in [1.54, 1.807) is 24.3 Å². The van der Waals surface area contributed by atoms with Crippen LogP contribution in [-0.4, -0.2) is 23.5 Å². The van der Waals surface area contributed by atoms with Gasteiger partial charge in [-0.25, -0.2) is 0 Å². The molecule has 0 aliphatic rings. The van der Waals surface area contributed by atoms with E-state index in [-0.39, 0.29) is 18.2 Å². The Labute approximate surface area is 124 Å². The molecular weight excluding hydrogens is 278 g/mol. The maximum Gasteiger partial charge on any atom is 0.303 e. The highest BCUT2D eigenvalue weighted by molar-refractivity contribution is 6.30. The number of carboxylic acid groups (broad SMARTS) is 1. The Bertz CT molecular complexity index is 474. The maximum atomic E-state index is 12.0. The van der Waals surface area contributed by atoms with Crippen LogP contribution in [0.5, 0.6) is 0 Å². The van der Waals surface area contributed by atoms with Crippen molar-refractivity contribution in [1.29, 1.82) is 0 Å². The number of halogens is 1. The Morgan fingerprint density at radius 1 is 1.35 bits per heavy atom. The normalized spacial score (nSPS) is 12.2. The summed E-state index contributed by atoms with van der Waals surface area (Å²) in [4.78, 5) is 22.8. The summed E-state index contributed by atoms with van der Waals surface area (Å²) in [7, 11) is 0. The van der Waals surface area contributed by atoms with Crippen LogP contribution >= 0.6 is 11.6 Å². The number of nitrogens with one attached hydrogen (secondary N) is 1. The van der Waals surface area contributed by atoms with Gasteiger partial charge in [-0.05, 0) is 36.5 Å². The van der Waals surface area contributed by atoms with Crippen LogP contribution in [0.15, 0.2) is 24.3 Å². The molecule has 20 heavy (non-hydrogen) atoms. The lowest BCUT2D eigenvalue weighted by Crippen LogP contribution is -2.31. The van der Waals surface area contributed by atoms with Gasteiger partial charge in [0, 0.05) is 23.6 Å². The van der Waals surface area contributed by atoms with Gasteiger partial charge in [0.1, 0.15) is 0 Å². The van der Waals surface area contributed by atoms with Gasteiger partial charge in [-0.1, -0.05) is 31.5 Å². The van der Waals surface area contributed by atoms with Crippen molar-refractivity contribution in [3.8, 4) is 0 Å². The Morgan fingerprint density at radius 2 is 2.05 bits per heavy atom. The fourth-order valence-corrected chi connectivity index (χ4v) is 2.31. The maximum absolute atomic E-state index is 12.0. The van der Waals surface area contributed by atoms with Gasteiger partial charge in [0.15, 0.2) is 0 Å². The van der Waals surface area contributed by atoms with Crippen molar-refractivity contribution < 1.29 is 14.7 Å². The molecule has 0 aliphatic carbocycles. The van der Waals surface area contributed by atoms with Crippen molar-refractivity contribution >= 4 is 23.5 Å². The van der Waals surface area contributed by atoms with E-state index in [9.17, 15) is 9.59 Å². The van der Waals surface area contributed by atoms with Crippen LogP contribution in [-0.2, 0) is 4.79 Å². The Kier molecular flexibility index (Phi) is 6.52. The number of benzene rings is 1. The van der Waals surface area contributed by atoms with Gasteiger partial charge in [0.2, 0.25) is 0 Å². The van der Waals surface area contributed by atoms with Gasteiger partial charge in [-0.2, -0.15) is 0 Å². The molecule has 0 bridgehead atoms. The van der Waals surface area contributed by atoms with Crippen LogP contribution in [0.1, 0.15) is 37.0 Å². The smallest absolute Gasteiger partial charge is 0.303 e. The monoisotopic (exact) mass is 297 g/mol. The van der Waals surface area contributed by atoms with E-state index in [1.165, 1.54) is 0 Å². The van der Waals surface area contributed by atoms with E-state index >= 15 is 0 Å². The lowest BCUT2D eigenvalue weighted by molar-refractivity contribution is -0.138. The number of amides is 1. The van der Waals surface area contributed by atoms with E-state index in [2.05, 4.69) is 5.32 Å². The van der Waals surface area contributed by atoms with Crippen molar-refractivity contribution in [1.82, 2.24) is 5.32 Å². The molecule has 110 valence electrons. The van der Waals surface area contributed by atoms with Crippen LogP contribution < -0.4 is 5.32 Å². The van der Waals surface area contributed by atoms with E-state index in [1.807, 2.05) is 13.8 Å². The summed E-state index contributed by atoms with van der Waals surface area (Å²) in [6.45, 7) is 4.43. The van der Waals surface area contributed by atoms with Gasteiger partial charge in [0.25, 0.3) is 5.91 Å². The molecule has 1 amide bonds. The third-order valence-corrected chi connectivity index (χ3v) is 3.14. The zero-order valence-electron chi connectivity index (χ0n) is 11.7. The number of carboxylic acids is 1. The van der Waals surface area contributed by atoms with Gasteiger partial charge < -0.3 is 10.4 Å². The first-order chi connectivity index (χ1) is 9.38. The third kappa shape index (κ3) is 6.06. The first-order valence-electron chi connectivity index (χ1n) is 6.64. The molecule has 0 saturated carbocycles. The molecule has 0 radical (unpaired) electrons. The van der Waals surface area contributed by atoms with Gasteiger partial charge >= 0.3 is 5.97 Å². The number of carbonyl (C=O) groups excluding carboxylic acids is 1. The number of rotatable bonds is 7. The summed E-state index contributed by atoms with van der Waals surface area (Å²) < 4.78 is 0. The van der Waals surface area contributed by atoms with Crippen molar-refractivity contribution in [2.75, 3.05) is 6.54 Å². The fourth-order valence-electron chi connectivity index (χ4n) is 2.12. The summed E-state index contributed by atoms with van der Waals surface area (Å²) in [6, 6.07) is 6.67. The topological polar surface area (TPSA) is 66.4 Å². The second kappa shape index (κ2) is 7.90. The van der Waals surface area contributed by atoms with Crippen molar-refractivity contribution in [3.05, 3.63) is 34.9 Å². The number of aliphatic carboxylic acids is 1. The van der Waals surface area contributed by atoms with Crippen molar-refractivity contribution in [2.45, 2.75) is 26.7 Å². The molecule has 1 rings (SSSR count). The molecule has 0 saturated heterocycles. The van der Waals surface area contributed by atoms with Crippen LogP contribution in [0.3, 0.4) is 0 Å². The van der Waals surface area contributed by atoms with Gasteiger partial charge in [0.05, 0.1) is 0 Å². The van der Waals surface area contributed by atoms with Gasteiger partial charge in [-0.15, -0.1) is 0 Å². The molecule has 2 N–H and O–H groups in total. The molecule has 4 nitrogen and oxygen atoms in total. The second-order valence-electron chi connectivity index (χ2n) is 5.31. The first-order valence-corrected chi connectivity index (χ1v) is 7.01. The van der Waals surface area contributed by atoms with E-state index < -0.39 is 5.97 Å². The number of carbonyl (C=O) groups is 2. The lowest BCUT2D eigenvalue weighted by atomic mass is 9.94. The molecular formula is C15H20ClNO3. The molecule has 1 aromatic carbocycles. The van der Waals surface area contributed by atoms with Crippen molar-refractivity contribution in [2.24, 2.45) is 11.8 Å². The Hall–Kier alpha value is -1.55. The minimum Gasteiger partial charge on any atom is -0.481 e. The largest absolute Gasteiger partial charge is 0.481 e. The summed E-state index contributed by atoms with van der Waals surface area (Å²) in [5.74, 6) is -0.739. The molecule has 0 aliphatic heterocycles. The number of hydrogen-bond donors (Lipinski definition) is 2. The average molecular weight is 298 g/mol. The zero-order chi connectivity index (χ0) is 15.1. The highest BCUT2D eigenvalue weighted by Gasteiger charge is 2.16. The predicted molar refractivity (Wildman–Crippen MR) is 79.0 cm³/mol. The summed E-state index contributed by atoms with van der Waals surface area (Å²) in [6.07, 6.45) is 0.829. The minimum absolute atomic E-state index is 0.0596. The quantitative estimate of drug-likeness (QED) is 0.812. The summed E-state index contributed by atoms with van der Waals surface area (Å²) in [5.41, 5.74) is 0.483. The SMILES string of the molecule is CC(C)CC(CNC(=O)c1cccc(Cl)c1)CC(=O)O. The summed E-state index contributed by atoms with van der Waals surface area (Å²) in [5, 5.41) is 12.2. The van der Waals surface area contributed by atoms with Crippen LogP contribution in [0.4, 0.5) is 0 Å². The minimum atomic E-state index is -0.840.